The fourth-order valence-electron chi connectivity index (χ4n) is 6.03. The van der Waals surface area contributed by atoms with Gasteiger partial charge in [-0.25, -0.2) is 23.1 Å². The Morgan fingerprint density at radius 1 is 1.13 bits per heavy atom. The molecule has 47 heavy (non-hydrogen) atoms. The van der Waals surface area contributed by atoms with E-state index in [1.165, 1.54) is 20.3 Å². The highest BCUT2D eigenvalue weighted by Crippen LogP contribution is 2.33. The van der Waals surface area contributed by atoms with Crippen LogP contribution in [0, 0.1) is 5.95 Å². The van der Waals surface area contributed by atoms with Gasteiger partial charge >= 0.3 is 6.09 Å². The van der Waals surface area contributed by atoms with Crippen molar-refractivity contribution in [1.82, 2.24) is 33.8 Å². The first-order chi connectivity index (χ1) is 22.2. The van der Waals surface area contributed by atoms with Gasteiger partial charge in [-0.15, -0.1) is 5.10 Å². The van der Waals surface area contributed by atoms with Crippen molar-refractivity contribution < 1.29 is 32.6 Å². The first kappa shape index (κ1) is 32.2. The number of hydrogen-bond acceptors (Lipinski definition) is 8. The number of amides is 2. The predicted octanol–water partition coefficient (Wildman–Crippen LogP) is 3.44. The van der Waals surface area contributed by atoms with E-state index >= 15 is 0 Å². The van der Waals surface area contributed by atoms with Gasteiger partial charge in [0.05, 0.1) is 36.1 Å². The van der Waals surface area contributed by atoms with Crippen LogP contribution in [0.2, 0.25) is 0 Å². The molecular weight excluding hydrogens is 621 g/mol. The molecule has 3 aromatic heterocycles. The van der Waals surface area contributed by atoms with Gasteiger partial charge in [0.1, 0.15) is 18.0 Å². The number of hydrogen-bond donors (Lipinski definition) is 1. The average Bonchev–Trinajstić information content (AvgIpc) is 3.74. The Morgan fingerprint density at radius 2 is 1.87 bits per heavy atom. The van der Waals surface area contributed by atoms with Gasteiger partial charge in [-0.2, -0.15) is 9.49 Å². The highest BCUT2D eigenvalue weighted by atomic mass is 19.3. The van der Waals surface area contributed by atoms with E-state index in [-0.39, 0.29) is 38.1 Å². The van der Waals surface area contributed by atoms with Crippen LogP contribution >= 0.6 is 0 Å². The Morgan fingerprint density at radius 3 is 2.53 bits per heavy atom. The maximum absolute atomic E-state index is 13.6. The summed E-state index contributed by atoms with van der Waals surface area (Å²) in [6.45, 7) is 5.99. The fraction of sp³-hybridized carbons (Fsp3) is 0.484. The van der Waals surface area contributed by atoms with Crippen molar-refractivity contribution in [3.63, 3.8) is 0 Å². The summed E-state index contributed by atoms with van der Waals surface area (Å²) < 4.78 is 49.5. The Kier molecular flexibility index (Phi) is 8.32. The second-order valence-electron chi connectivity index (χ2n) is 13.0. The third-order valence-corrected chi connectivity index (χ3v) is 8.48. The van der Waals surface area contributed by atoms with Gasteiger partial charge in [-0.05, 0) is 57.7 Å². The van der Waals surface area contributed by atoms with Crippen molar-refractivity contribution >= 4 is 23.3 Å². The molecule has 0 bridgehead atoms. The Bertz CT molecular complexity index is 1870. The number of rotatable bonds is 7. The zero-order valence-electron chi connectivity index (χ0n) is 26.1. The lowest BCUT2D eigenvalue weighted by Crippen LogP contribution is -2.50. The van der Waals surface area contributed by atoms with Crippen LogP contribution in [-0.4, -0.2) is 88.2 Å². The van der Waals surface area contributed by atoms with E-state index in [2.05, 4.69) is 15.2 Å². The number of carbonyl (C=O) groups excluding carboxylic acids is 2. The molecule has 6 rings (SSSR count). The molecule has 1 unspecified atom stereocenters. The number of carbonyl (C=O) groups is 2. The molecule has 0 radical (unpaired) electrons. The standard InChI is InChI=1S/C31H35F3N8O5/c1-30(2,3)47-29(45)40-10-6-20-14-19(4-5-21(20)40)23-16-35-27-28(44)39(18-36-42(23)27)17-31(46)8-12-38(13-9-31)25(43)15-22(26(33)34)41-11-7-24(32)37-41/h4-5,7,11,14,16,18,22,26,46H,6,8-10,12-13,15,17H2,1-3H3. The summed E-state index contributed by atoms with van der Waals surface area (Å²) >= 11 is 0. The molecule has 16 heteroatoms. The lowest BCUT2D eigenvalue weighted by Gasteiger charge is -2.38. The molecule has 1 aromatic carbocycles. The summed E-state index contributed by atoms with van der Waals surface area (Å²) in [7, 11) is 0. The largest absolute Gasteiger partial charge is 0.443 e. The van der Waals surface area contributed by atoms with E-state index in [1.807, 2.05) is 39.0 Å². The number of likely N-dealkylation sites (tertiary alicyclic amines) is 1. The summed E-state index contributed by atoms with van der Waals surface area (Å²) in [6.07, 6.45) is 0.834. The number of aromatic nitrogens is 6. The molecule has 0 spiro atoms. The topological polar surface area (TPSA) is 140 Å². The number of aliphatic hydroxyl groups is 1. The molecule has 1 saturated heterocycles. The first-order valence-electron chi connectivity index (χ1n) is 15.3. The third kappa shape index (κ3) is 6.59. The Hall–Kier alpha value is -4.73. The number of benzene rings is 1. The molecule has 0 saturated carbocycles. The second-order valence-corrected chi connectivity index (χ2v) is 13.0. The van der Waals surface area contributed by atoms with Crippen LogP contribution in [0.25, 0.3) is 16.9 Å². The van der Waals surface area contributed by atoms with Crippen molar-refractivity contribution in [2.24, 2.45) is 0 Å². The zero-order chi connectivity index (χ0) is 33.7. The van der Waals surface area contributed by atoms with Gasteiger partial charge < -0.3 is 14.7 Å². The molecule has 2 amide bonds. The van der Waals surface area contributed by atoms with E-state index in [9.17, 15) is 32.7 Å². The van der Waals surface area contributed by atoms with E-state index in [0.29, 0.717) is 18.7 Å². The summed E-state index contributed by atoms with van der Waals surface area (Å²) in [5.41, 5.74) is 0.656. The van der Waals surface area contributed by atoms with Crippen LogP contribution in [0.3, 0.4) is 0 Å². The minimum atomic E-state index is -2.94. The second kappa shape index (κ2) is 12.1. The smallest absolute Gasteiger partial charge is 0.414 e. The molecule has 0 aliphatic carbocycles. The maximum Gasteiger partial charge on any atom is 0.414 e. The highest BCUT2D eigenvalue weighted by molar-refractivity contribution is 5.91. The summed E-state index contributed by atoms with van der Waals surface area (Å²) in [5.74, 6) is -1.49. The number of nitrogens with zero attached hydrogens (tertiary/aromatic N) is 8. The van der Waals surface area contributed by atoms with Gasteiger partial charge in [-0.1, -0.05) is 6.07 Å². The molecule has 2 aliphatic heterocycles. The lowest BCUT2D eigenvalue weighted by atomic mass is 9.91. The first-order valence-corrected chi connectivity index (χ1v) is 15.3. The minimum Gasteiger partial charge on any atom is -0.443 e. The van der Waals surface area contributed by atoms with Crippen molar-refractivity contribution in [2.75, 3.05) is 24.5 Å². The molecule has 1 atom stereocenters. The summed E-state index contributed by atoms with van der Waals surface area (Å²) in [4.78, 5) is 46.2. The van der Waals surface area contributed by atoms with Crippen LogP contribution in [-0.2, 0) is 22.5 Å². The van der Waals surface area contributed by atoms with E-state index < -0.39 is 53.6 Å². The number of halogens is 3. The molecule has 250 valence electrons. The molecule has 1 fully saturated rings. The van der Waals surface area contributed by atoms with Crippen LogP contribution in [0.1, 0.15) is 51.6 Å². The van der Waals surface area contributed by atoms with Crippen molar-refractivity contribution in [2.45, 2.75) is 76.7 Å². The maximum atomic E-state index is 13.6. The number of anilines is 1. The lowest BCUT2D eigenvalue weighted by molar-refractivity contribution is -0.138. The third-order valence-electron chi connectivity index (χ3n) is 8.48. The van der Waals surface area contributed by atoms with Crippen LogP contribution in [0.15, 0.2) is 47.8 Å². The number of imidazole rings is 1. The average molecular weight is 657 g/mol. The number of alkyl halides is 2. The molecular formula is C31H35F3N8O5. The van der Waals surface area contributed by atoms with Gasteiger partial charge in [0, 0.05) is 37.5 Å². The molecule has 1 N–H and O–H groups in total. The normalized spacial score (nSPS) is 16.9. The quantitative estimate of drug-likeness (QED) is 0.319. The van der Waals surface area contributed by atoms with E-state index in [1.54, 1.807) is 11.1 Å². The van der Waals surface area contributed by atoms with Crippen molar-refractivity contribution in [3.05, 3.63) is 64.9 Å². The molecule has 5 heterocycles. The van der Waals surface area contributed by atoms with E-state index in [0.717, 1.165) is 33.8 Å². The van der Waals surface area contributed by atoms with Crippen LogP contribution in [0.4, 0.5) is 23.7 Å². The predicted molar refractivity (Wildman–Crippen MR) is 163 cm³/mol. The summed E-state index contributed by atoms with van der Waals surface area (Å²) in [5, 5.41) is 19.1. The summed E-state index contributed by atoms with van der Waals surface area (Å²) in [6, 6.07) is 4.92. The van der Waals surface area contributed by atoms with Crippen LogP contribution in [0.5, 0.6) is 0 Å². The SMILES string of the molecule is CC(C)(C)OC(=O)N1CCc2cc(-c3cnc4c(=O)n(CC5(O)CCN(C(=O)CC(C(F)F)n6ccc(F)n6)CC5)cnn34)ccc21. The molecule has 4 aromatic rings. The highest BCUT2D eigenvalue weighted by Gasteiger charge is 2.37. The number of fused-ring (bicyclic) bond motifs is 2. The van der Waals surface area contributed by atoms with Crippen LogP contribution < -0.4 is 10.5 Å². The Labute approximate surface area is 267 Å². The van der Waals surface area contributed by atoms with Gasteiger partial charge in [0.15, 0.2) is 0 Å². The number of ether oxygens (including phenoxy) is 1. The van der Waals surface area contributed by atoms with Crippen molar-refractivity contribution in [3.8, 4) is 11.3 Å². The van der Waals surface area contributed by atoms with E-state index in [4.69, 9.17) is 4.74 Å². The molecule has 13 nitrogen and oxygen atoms in total. The molecule has 2 aliphatic rings. The monoisotopic (exact) mass is 656 g/mol. The number of piperidine rings is 1. The van der Waals surface area contributed by atoms with Crippen molar-refractivity contribution in [1.29, 1.82) is 0 Å². The minimum absolute atomic E-state index is 0.0580. The van der Waals surface area contributed by atoms with Gasteiger partial charge in [-0.3, -0.25) is 23.7 Å². The Balaban J connectivity index is 1.12. The van der Waals surface area contributed by atoms with Gasteiger partial charge in [0.2, 0.25) is 17.5 Å². The van der Waals surface area contributed by atoms with Gasteiger partial charge in [0.25, 0.3) is 12.0 Å². The zero-order valence-corrected chi connectivity index (χ0v) is 26.1. The fourth-order valence-corrected chi connectivity index (χ4v) is 6.03.